The normalized spacial score (nSPS) is 10.5. The molecule has 0 spiro atoms. The number of benzene rings is 1. The van der Waals surface area contributed by atoms with Crippen molar-refractivity contribution in [2.24, 2.45) is 21.7 Å². The van der Waals surface area contributed by atoms with Crippen molar-refractivity contribution < 1.29 is 14.3 Å². The van der Waals surface area contributed by atoms with E-state index in [1.807, 2.05) is 12.1 Å². The fourth-order valence-electron chi connectivity index (χ4n) is 1.54. The van der Waals surface area contributed by atoms with Gasteiger partial charge in [0.25, 0.3) is 0 Å². The summed E-state index contributed by atoms with van der Waals surface area (Å²) in [7, 11) is 0. The van der Waals surface area contributed by atoms with Crippen LogP contribution in [0, 0.1) is 0 Å². The summed E-state index contributed by atoms with van der Waals surface area (Å²) in [5.74, 6) is 0.279. The number of esters is 1. The zero-order valence-electron chi connectivity index (χ0n) is 12.3. The second kappa shape index (κ2) is 9.78. The first kappa shape index (κ1) is 18.0. The van der Waals surface area contributed by atoms with Gasteiger partial charge in [-0.2, -0.15) is 5.10 Å². The number of carbonyl (C=O) groups excluding carboxylic acids is 1. The molecule has 0 aliphatic heterocycles. The first-order valence-corrected chi connectivity index (χ1v) is 7.52. The molecule has 4 N–H and O–H groups in total. The van der Waals surface area contributed by atoms with Gasteiger partial charge in [-0.3, -0.25) is 4.79 Å². The maximum absolute atomic E-state index is 11.2. The third-order valence-corrected chi connectivity index (χ3v) is 2.92. The van der Waals surface area contributed by atoms with Gasteiger partial charge in [-0.05, 0) is 31.5 Å². The molecule has 0 aliphatic rings. The van der Waals surface area contributed by atoms with Gasteiger partial charge >= 0.3 is 5.97 Å². The Morgan fingerprint density at radius 1 is 1.41 bits per heavy atom. The number of hydrogen-bond acceptors (Lipinski definition) is 5. The molecule has 120 valence electrons. The minimum Gasteiger partial charge on any atom is -0.493 e. The predicted molar refractivity (Wildman–Crippen MR) is 88.9 cm³/mol. The van der Waals surface area contributed by atoms with Crippen molar-refractivity contribution in [3.8, 4) is 5.75 Å². The molecule has 0 amide bonds. The first-order chi connectivity index (χ1) is 10.5. The van der Waals surface area contributed by atoms with Gasteiger partial charge in [0.05, 0.1) is 19.4 Å². The van der Waals surface area contributed by atoms with Crippen LogP contribution in [0.2, 0.25) is 0 Å². The van der Waals surface area contributed by atoms with E-state index >= 15 is 0 Å². The molecule has 0 unspecified atom stereocenters. The first-order valence-electron chi connectivity index (χ1n) is 6.73. The van der Waals surface area contributed by atoms with E-state index in [0.717, 1.165) is 10.0 Å². The van der Waals surface area contributed by atoms with Crippen LogP contribution in [0.5, 0.6) is 5.75 Å². The lowest BCUT2D eigenvalue weighted by Gasteiger charge is -2.09. The summed E-state index contributed by atoms with van der Waals surface area (Å²) in [5, 5.41) is 7.30. The standard InChI is InChI=1S/C14H19BrN4O3/c1-2-21-13(20)4-3-7-22-12-6-5-11(15)8-10(12)9-18-19-14(16)17/h5-6,8-9H,2-4,7H2,1H3,(H4,16,17,19). The molecule has 0 atom stereocenters. The van der Waals surface area contributed by atoms with Crippen LogP contribution in [0.15, 0.2) is 32.9 Å². The quantitative estimate of drug-likeness (QED) is 0.238. The lowest BCUT2D eigenvalue weighted by atomic mass is 10.2. The highest BCUT2D eigenvalue weighted by Gasteiger charge is 2.05. The van der Waals surface area contributed by atoms with Gasteiger partial charge in [0.15, 0.2) is 0 Å². The average Bonchev–Trinajstić information content (AvgIpc) is 2.45. The maximum atomic E-state index is 11.2. The number of rotatable bonds is 8. The van der Waals surface area contributed by atoms with Gasteiger partial charge in [-0.1, -0.05) is 15.9 Å². The summed E-state index contributed by atoms with van der Waals surface area (Å²) in [5.41, 5.74) is 11.1. The SMILES string of the molecule is CCOC(=O)CCCOc1ccc(Br)cc1C=NN=C(N)N. The van der Waals surface area contributed by atoms with E-state index in [1.165, 1.54) is 6.21 Å². The molecule has 1 rings (SSSR count). The monoisotopic (exact) mass is 370 g/mol. The molecule has 0 bridgehead atoms. The molecule has 8 heteroatoms. The van der Waals surface area contributed by atoms with E-state index in [4.69, 9.17) is 20.9 Å². The topological polar surface area (TPSA) is 112 Å². The number of ether oxygens (including phenoxy) is 2. The lowest BCUT2D eigenvalue weighted by molar-refractivity contribution is -0.143. The van der Waals surface area contributed by atoms with Crippen LogP contribution in [0.3, 0.4) is 0 Å². The molecule has 22 heavy (non-hydrogen) atoms. The number of nitrogens with zero attached hydrogens (tertiary/aromatic N) is 2. The number of hydrogen-bond donors (Lipinski definition) is 2. The van der Waals surface area contributed by atoms with E-state index < -0.39 is 0 Å². The van der Waals surface area contributed by atoms with Crippen LogP contribution in [0.25, 0.3) is 0 Å². The predicted octanol–water partition coefficient (Wildman–Crippen LogP) is 1.78. The Balaban J connectivity index is 2.60. The minimum atomic E-state index is -0.226. The highest BCUT2D eigenvalue weighted by Crippen LogP contribution is 2.22. The minimum absolute atomic E-state index is 0.122. The molecule has 0 aromatic heterocycles. The van der Waals surface area contributed by atoms with Crippen molar-refractivity contribution in [3.05, 3.63) is 28.2 Å². The summed E-state index contributed by atoms with van der Waals surface area (Å²) in [6.45, 7) is 2.56. The third-order valence-electron chi connectivity index (χ3n) is 2.43. The Morgan fingerprint density at radius 3 is 2.86 bits per heavy atom. The van der Waals surface area contributed by atoms with Crippen molar-refractivity contribution in [2.75, 3.05) is 13.2 Å². The van der Waals surface area contributed by atoms with Gasteiger partial charge in [-0.25, -0.2) is 0 Å². The second-order valence-electron chi connectivity index (χ2n) is 4.21. The molecule has 0 aliphatic carbocycles. The third kappa shape index (κ3) is 7.07. The summed E-state index contributed by atoms with van der Waals surface area (Å²) >= 11 is 3.37. The Kier molecular flexibility index (Phi) is 7.98. The van der Waals surface area contributed by atoms with Crippen molar-refractivity contribution in [1.82, 2.24) is 0 Å². The van der Waals surface area contributed by atoms with Crippen LogP contribution in [-0.4, -0.2) is 31.4 Å². The molecule has 1 aromatic rings. The van der Waals surface area contributed by atoms with Crippen LogP contribution < -0.4 is 16.2 Å². The van der Waals surface area contributed by atoms with E-state index in [-0.39, 0.29) is 11.9 Å². The Bertz CT molecular complexity index is 557. The molecule has 1 aromatic carbocycles. The highest BCUT2D eigenvalue weighted by atomic mass is 79.9. The fourth-order valence-corrected chi connectivity index (χ4v) is 1.92. The largest absolute Gasteiger partial charge is 0.493 e. The Labute approximate surface area is 137 Å². The summed E-state index contributed by atoms with van der Waals surface area (Å²) in [6, 6.07) is 5.47. The maximum Gasteiger partial charge on any atom is 0.305 e. The highest BCUT2D eigenvalue weighted by molar-refractivity contribution is 9.10. The zero-order valence-corrected chi connectivity index (χ0v) is 13.9. The second-order valence-corrected chi connectivity index (χ2v) is 5.12. The molecule has 7 nitrogen and oxygen atoms in total. The molecule has 0 fully saturated rings. The van der Waals surface area contributed by atoms with Gasteiger partial charge < -0.3 is 20.9 Å². The van der Waals surface area contributed by atoms with Crippen LogP contribution in [0.4, 0.5) is 0 Å². The zero-order chi connectivity index (χ0) is 16.4. The fraction of sp³-hybridized carbons (Fsp3) is 0.357. The molecule has 0 heterocycles. The summed E-state index contributed by atoms with van der Waals surface area (Å²) < 4.78 is 11.4. The number of guanidine groups is 1. The molecular weight excluding hydrogens is 352 g/mol. The van der Waals surface area contributed by atoms with Crippen molar-refractivity contribution >= 4 is 34.1 Å². The van der Waals surface area contributed by atoms with E-state index in [9.17, 15) is 4.79 Å². The summed E-state index contributed by atoms with van der Waals surface area (Å²) in [4.78, 5) is 11.2. The van der Waals surface area contributed by atoms with E-state index in [0.29, 0.717) is 31.8 Å². The van der Waals surface area contributed by atoms with Crippen molar-refractivity contribution in [2.45, 2.75) is 19.8 Å². The van der Waals surface area contributed by atoms with Gasteiger partial charge in [0, 0.05) is 16.5 Å². The van der Waals surface area contributed by atoms with Gasteiger partial charge in [0.2, 0.25) is 5.96 Å². The molecular formula is C14H19BrN4O3. The molecule has 0 saturated carbocycles. The summed E-state index contributed by atoms with van der Waals surface area (Å²) in [6.07, 6.45) is 2.38. The lowest BCUT2D eigenvalue weighted by Crippen LogP contribution is -2.21. The molecule has 0 saturated heterocycles. The Hall–Kier alpha value is -2.09. The van der Waals surface area contributed by atoms with Gasteiger partial charge in [0.1, 0.15) is 5.75 Å². The number of halogens is 1. The van der Waals surface area contributed by atoms with Crippen LogP contribution in [0.1, 0.15) is 25.3 Å². The van der Waals surface area contributed by atoms with E-state index in [1.54, 1.807) is 13.0 Å². The number of carbonyl (C=O) groups is 1. The van der Waals surface area contributed by atoms with Crippen molar-refractivity contribution in [1.29, 1.82) is 0 Å². The van der Waals surface area contributed by atoms with Crippen LogP contribution >= 0.6 is 15.9 Å². The van der Waals surface area contributed by atoms with Gasteiger partial charge in [-0.15, -0.1) is 5.10 Å². The van der Waals surface area contributed by atoms with E-state index in [2.05, 4.69) is 26.1 Å². The average molecular weight is 371 g/mol. The molecule has 0 radical (unpaired) electrons. The van der Waals surface area contributed by atoms with Crippen LogP contribution in [-0.2, 0) is 9.53 Å². The van der Waals surface area contributed by atoms with Crippen molar-refractivity contribution in [3.63, 3.8) is 0 Å². The Morgan fingerprint density at radius 2 is 2.18 bits per heavy atom. The number of nitrogens with two attached hydrogens (primary N) is 2. The smallest absolute Gasteiger partial charge is 0.305 e.